The van der Waals surface area contributed by atoms with Crippen molar-refractivity contribution in [2.75, 3.05) is 5.73 Å². The molecule has 3 aromatic heterocycles. The van der Waals surface area contributed by atoms with E-state index >= 15 is 0 Å². The number of aromatic nitrogens is 4. The van der Waals surface area contributed by atoms with Crippen LogP contribution in [0.4, 0.5) is 5.82 Å². The third-order valence-corrected chi connectivity index (χ3v) is 8.54. The number of aryl methyl sites for hydroxylation is 2. The number of nitrogen functional groups attached to an aromatic ring is 1. The monoisotopic (exact) mass is 457 g/mol. The van der Waals surface area contributed by atoms with Crippen molar-refractivity contribution in [3.05, 3.63) is 50.6 Å². The predicted molar refractivity (Wildman–Crippen MR) is 125 cm³/mol. The first-order valence-corrected chi connectivity index (χ1v) is 12.6. The lowest BCUT2D eigenvalue weighted by Gasteiger charge is -2.04. The summed E-state index contributed by atoms with van der Waals surface area (Å²) in [4.78, 5) is 11.9. The van der Waals surface area contributed by atoms with E-state index < -0.39 is 0 Å². The largest absolute Gasteiger partial charge is 0.383 e. The molecule has 3 heterocycles. The second-order valence-electron chi connectivity index (χ2n) is 6.94. The number of benzene rings is 1. The van der Waals surface area contributed by atoms with Gasteiger partial charge in [0, 0.05) is 4.88 Å². The second-order valence-corrected chi connectivity index (χ2v) is 10.9. The fourth-order valence-corrected chi connectivity index (χ4v) is 7.15. The summed E-state index contributed by atoms with van der Waals surface area (Å²) < 4.78 is 3.44. The smallest absolute Gasteiger partial charge is 0.184 e. The number of hydrogen-bond donors (Lipinski definition) is 1. The zero-order valence-electron chi connectivity index (χ0n) is 15.6. The summed E-state index contributed by atoms with van der Waals surface area (Å²) in [6.07, 6.45) is 6.01. The number of hydrogen-bond acceptors (Lipinski definition) is 8. The Bertz CT molecular complexity index is 1230. The first-order valence-electron chi connectivity index (χ1n) is 9.54. The summed E-state index contributed by atoms with van der Waals surface area (Å²) in [5, 5.41) is 5.74. The van der Waals surface area contributed by atoms with Crippen molar-refractivity contribution >= 4 is 62.7 Å². The predicted octanol–water partition coefficient (Wildman–Crippen LogP) is 5.81. The van der Waals surface area contributed by atoms with Crippen molar-refractivity contribution in [2.24, 2.45) is 0 Å². The van der Waals surface area contributed by atoms with Gasteiger partial charge in [-0.1, -0.05) is 47.7 Å². The second kappa shape index (κ2) is 8.14. The van der Waals surface area contributed by atoms with Gasteiger partial charge >= 0.3 is 0 Å². The minimum atomic E-state index is 0.618. The number of rotatable bonds is 4. The number of nitrogens with two attached hydrogens (primary N) is 1. The summed E-state index contributed by atoms with van der Waals surface area (Å²) in [5.41, 5.74) is 8.72. The maximum atomic E-state index is 6.36. The highest BCUT2D eigenvalue weighted by atomic mass is 32.2. The van der Waals surface area contributed by atoms with E-state index in [-0.39, 0.29) is 0 Å². The molecule has 9 heteroatoms. The Hall–Kier alpha value is -1.81. The fourth-order valence-electron chi connectivity index (χ4n) is 3.65. The third-order valence-electron chi connectivity index (χ3n) is 4.99. The van der Waals surface area contributed by atoms with Crippen LogP contribution in [0.3, 0.4) is 0 Å². The molecule has 1 aliphatic rings. The van der Waals surface area contributed by atoms with Crippen LogP contribution in [-0.4, -0.2) is 19.7 Å². The van der Waals surface area contributed by atoms with E-state index in [0.717, 1.165) is 42.9 Å². The van der Waals surface area contributed by atoms with Gasteiger partial charge in [0.1, 0.15) is 16.5 Å². The third kappa shape index (κ3) is 3.84. The molecule has 0 bridgehead atoms. The van der Waals surface area contributed by atoms with Crippen molar-refractivity contribution in [1.82, 2.24) is 19.7 Å². The highest BCUT2D eigenvalue weighted by Crippen LogP contribution is 2.37. The molecule has 0 aliphatic heterocycles. The molecule has 0 spiro atoms. The molecule has 148 valence electrons. The van der Waals surface area contributed by atoms with Crippen LogP contribution in [0.1, 0.15) is 35.5 Å². The molecule has 0 saturated heterocycles. The number of fused-ring (bicyclic) bond motifs is 3. The van der Waals surface area contributed by atoms with Gasteiger partial charge in [-0.3, -0.25) is 0 Å². The molecular weight excluding hydrogens is 439 g/mol. The maximum Gasteiger partial charge on any atom is 0.184 e. The van der Waals surface area contributed by atoms with Gasteiger partial charge in [-0.25, -0.2) is 14.6 Å². The standard InChI is InChI=1S/C20H19N5S4/c21-17-16-13-9-5-2-6-10-14(13)28-18(16)23-15(22-17)11-27-19-24-25(20(26)29-19)12-7-3-1-4-8-12/h1,3-4,7-8H,2,5-6,9-11H2,(H2,21,22,23). The van der Waals surface area contributed by atoms with Gasteiger partial charge in [0.2, 0.25) is 0 Å². The van der Waals surface area contributed by atoms with Crippen molar-refractivity contribution in [3.63, 3.8) is 0 Å². The van der Waals surface area contributed by atoms with Crippen LogP contribution >= 0.6 is 46.7 Å². The van der Waals surface area contributed by atoms with Crippen LogP contribution in [0.25, 0.3) is 15.9 Å². The molecule has 0 radical (unpaired) electrons. The van der Waals surface area contributed by atoms with E-state index in [0.29, 0.717) is 11.6 Å². The number of thiophene rings is 1. The van der Waals surface area contributed by atoms with Crippen LogP contribution < -0.4 is 5.73 Å². The molecule has 2 N–H and O–H groups in total. The van der Waals surface area contributed by atoms with Gasteiger partial charge < -0.3 is 5.73 Å². The molecule has 0 fully saturated rings. The molecule has 0 amide bonds. The molecule has 4 aromatic rings. The van der Waals surface area contributed by atoms with Crippen LogP contribution in [0, 0.1) is 3.95 Å². The minimum absolute atomic E-state index is 0.618. The Labute approximate surface area is 186 Å². The normalized spacial score (nSPS) is 14.1. The molecule has 0 unspecified atom stereocenters. The molecule has 1 aromatic carbocycles. The number of nitrogens with zero attached hydrogens (tertiary/aromatic N) is 4. The first kappa shape index (κ1) is 19.2. The lowest BCUT2D eigenvalue weighted by molar-refractivity contribution is 0.713. The van der Waals surface area contributed by atoms with E-state index in [9.17, 15) is 0 Å². The molecule has 5 rings (SSSR count). The van der Waals surface area contributed by atoms with E-state index in [4.69, 9.17) is 22.9 Å². The van der Waals surface area contributed by atoms with Gasteiger partial charge in [0.05, 0.1) is 16.8 Å². The van der Waals surface area contributed by atoms with Crippen LogP contribution in [0.15, 0.2) is 34.7 Å². The quantitative estimate of drug-likeness (QED) is 0.237. The number of anilines is 1. The van der Waals surface area contributed by atoms with Gasteiger partial charge in [0.15, 0.2) is 8.29 Å². The van der Waals surface area contributed by atoms with Crippen molar-refractivity contribution < 1.29 is 0 Å². The lowest BCUT2D eigenvalue weighted by atomic mass is 10.1. The Morgan fingerprint density at radius 2 is 1.90 bits per heavy atom. The van der Waals surface area contributed by atoms with Crippen LogP contribution in [-0.2, 0) is 18.6 Å². The average molecular weight is 458 g/mol. The summed E-state index contributed by atoms with van der Waals surface area (Å²) in [7, 11) is 0. The number of thioether (sulfide) groups is 1. The van der Waals surface area contributed by atoms with Gasteiger partial charge in [-0.15, -0.1) is 16.4 Å². The molecule has 0 saturated carbocycles. The first-order chi connectivity index (χ1) is 14.2. The highest BCUT2D eigenvalue weighted by molar-refractivity contribution is 8.00. The molecule has 1 aliphatic carbocycles. The Kier molecular flexibility index (Phi) is 5.38. The zero-order chi connectivity index (χ0) is 19.8. The minimum Gasteiger partial charge on any atom is -0.383 e. The summed E-state index contributed by atoms with van der Waals surface area (Å²) in [5.74, 6) is 2.00. The van der Waals surface area contributed by atoms with Gasteiger partial charge in [0.25, 0.3) is 0 Å². The summed E-state index contributed by atoms with van der Waals surface area (Å²) in [6.45, 7) is 0. The van der Waals surface area contributed by atoms with Gasteiger partial charge in [-0.2, -0.15) is 0 Å². The van der Waals surface area contributed by atoms with Crippen LogP contribution in [0.5, 0.6) is 0 Å². The molecule has 5 nitrogen and oxygen atoms in total. The fraction of sp³-hybridized carbons (Fsp3) is 0.300. The van der Waals surface area contributed by atoms with E-state index in [2.05, 4.69) is 10.1 Å². The van der Waals surface area contributed by atoms with E-state index in [1.165, 1.54) is 41.0 Å². The molecule has 29 heavy (non-hydrogen) atoms. The Morgan fingerprint density at radius 3 is 2.76 bits per heavy atom. The van der Waals surface area contributed by atoms with E-state index in [1.807, 2.05) is 30.3 Å². The topological polar surface area (TPSA) is 69.6 Å². The Morgan fingerprint density at radius 1 is 1.07 bits per heavy atom. The summed E-state index contributed by atoms with van der Waals surface area (Å²) >= 11 is 10.4. The van der Waals surface area contributed by atoms with Crippen molar-refractivity contribution in [1.29, 1.82) is 0 Å². The number of para-hydroxylation sites is 1. The zero-order valence-corrected chi connectivity index (χ0v) is 18.9. The van der Waals surface area contributed by atoms with E-state index in [1.54, 1.807) is 27.8 Å². The van der Waals surface area contributed by atoms with Gasteiger partial charge in [-0.05, 0) is 55.6 Å². The maximum absolute atomic E-state index is 6.36. The SMILES string of the molecule is Nc1nc(CSc2nn(-c3ccccc3)c(=S)s2)nc2sc3c(c12)CCCCC3. The molecular formula is C20H19N5S4. The molecule has 0 atom stereocenters. The highest BCUT2D eigenvalue weighted by Gasteiger charge is 2.19. The summed E-state index contributed by atoms with van der Waals surface area (Å²) in [6, 6.07) is 9.96. The average Bonchev–Trinajstić information content (AvgIpc) is 3.19. The lowest BCUT2D eigenvalue weighted by Crippen LogP contribution is -2.00. The Balaban J connectivity index is 1.40. The van der Waals surface area contributed by atoms with Crippen molar-refractivity contribution in [3.8, 4) is 5.69 Å². The van der Waals surface area contributed by atoms with Crippen molar-refractivity contribution in [2.45, 2.75) is 42.2 Å². The van der Waals surface area contributed by atoms with Crippen LogP contribution in [0.2, 0.25) is 0 Å².